The molecule has 0 aromatic heterocycles. The molecule has 0 saturated heterocycles. The predicted molar refractivity (Wildman–Crippen MR) is 82.2 cm³/mol. The molecule has 10 heteroatoms. The molecule has 3 rings (SSSR count). The average Bonchev–Trinajstić information content (AvgIpc) is 2.84. The van der Waals surface area contributed by atoms with E-state index in [9.17, 15) is 32.9 Å². The number of nitro groups is 1. The summed E-state index contributed by atoms with van der Waals surface area (Å²) in [6, 6.07) is 8.85. The van der Waals surface area contributed by atoms with Crippen LogP contribution in [-0.4, -0.2) is 29.5 Å². The lowest BCUT2D eigenvalue weighted by Crippen LogP contribution is -2.29. The number of nitro benzene ring substituents is 1. The topological polar surface area (TPSA) is 89.8 Å². The Hall–Kier alpha value is -3.43. The number of alkyl halides is 3. The third-order valence-corrected chi connectivity index (χ3v) is 3.58. The van der Waals surface area contributed by atoms with Gasteiger partial charge in [0.25, 0.3) is 11.8 Å². The first-order chi connectivity index (χ1) is 12.2. The van der Waals surface area contributed by atoms with Gasteiger partial charge in [-0.1, -0.05) is 12.1 Å². The van der Waals surface area contributed by atoms with Crippen molar-refractivity contribution in [2.45, 2.75) is 6.18 Å². The van der Waals surface area contributed by atoms with E-state index in [0.29, 0.717) is 0 Å². The molecule has 2 amide bonds. The van der Waals surface area contributed by atoms with Crippen LogP contribution in [0.5, 0.6) is 5.75 Å². The lowest BCUT2D eigenvalue weighted by atomic mass is 10.1. The Kier molecular flexibility index (Phi) is 4.10. The molecule has 1 aliphatic heterocycles. The van der Waals surface area contributed by atoms with Crippen molar-refractivity contribution in [2.24, 2.45) is 0 Å². The van der Waals surface area contributed by atoms with Gasteiger partial charge in [-0.25, -0.2) is 4.90 Å². The highest BCUT2D eigenvalue weighted by Crippen LogP contribution is 2.35. The van der Waals surface area contributed by atoms with Gasteiger partial charge in [0.15, 0.2) is 12.4 Å². The summed E-state index contributed by atoms with van der Waals surface area (Å²) in [6.45, 7) is -1.71. The van der Waals surface area contributed by atoms with Crippen LogP contribution in [0.15, 0.2) is 42.5 Å². The maximum atomic E-state index is 12.4. The van der Waals surface area contributed by atoms with E-state index >= 15 is 0 Å². The van der Waals surface area contributed by atoms with Crippen molar-refractivity contribution in [3.8, 4) is 5.75 Å². The molecule has 0 fully saturated rings. The highest BCUT2D eigenvalue weighted by Gasteiger charge is 2.37. The second kappa shape index (κ2) is 6.14. The van der Waals surface area contributed by atoms with E-state index < -0.39 is 41.0 Å². The Bertz CT molecular complexity index is 891. The number of carbonyl (C=O) groups excluding carboxylic acids is 2. The molecule has 134 valence electrons. The van der Waals surface area contributed by atoms with Crippen LogP contribution in [0.1, 0.15) is 20.7 Å². The minimum atomic E-state index is -4.67. The SMILES string of the molecule is O=C1c2ccccc2C(=O)N1c1ccc(OCC(F)(F)F)c([N+](=O)[O-])c1. The van der Waals surface area contributed by atoms with Crippen LogP contribution < -0.4 is 9.64 Å². The number of nitrogens with zero attached hydrogens (tertiary/aromatic N) is 2. The molecule has 1 heterocycles. The highest BCUT2D eigenvalue weighted by atomic mass is 19.4. The summed E-state index contributed by atoms with van der Waals surface area (Å²) in [4.78, 5) is 35.7. The quantitative estimate of drug-likeness (QED) is 0.470. The van der Waals surface area contributed by atoms with Crippen LogP contribution in [0, 0.1) is 10.1 Å². The zero-order chi connectivity index (χ0) is 19.1. The van der Waals surface area contributed by atoms with Crippen LogP contribution in [0.4, 0.5) is 24.5 Å². The number of hydrogen-bond donors (Lipinski definition) is 0. The molecule has 2 aromatic carbocycles. The molecule has 0 N–H and O–H groups in total. The molecule has 1 aliphatic rings. The molecule has 0 aliphatic carbocycles. The third kappa shape index (κ3) is 3.08. The Balaban J connectivity index is 1.97. The Morgan fingerprint density at radius 1 is 1.04 bits per heavy atom. The number of ether oxygens (including phenoxy) is 1. The fraction of sp³-hybridized carbons (Fsp3) is 0.125. The van der Waals surface area contributed by atoms with Gasteiger partial charge < -0.3 is 4.74 Å². The standard InChI is InChI=1S/C16H9F3N2O5/c17-16(18,19)8-26-13-6-5-9(7-12(13)21(24)25)20-14(22)10-3-1-2-4-11(10)15(20)23/h1-7H,8H2. The highest BCUT2D eigenvalue weighted by molar-refractivity contribution is 6.34. The van der Waals surface area contributed by atoms with Gasteiger partial charge in [0.2, 0.25) is 0 Å². The van der Waals surface area contributed by atoms with Gasteiger partial charge in [-0.3, -0.25) is 19.7 Å². The molecule has 0 spiro atoms. The largest absolute Gasteiger partial charge is 0.477 e. The van der Waals surface area contributed by atoms with Crippen LogP contribution in [0.3, 0.4) is 0 Å². The van der Waals surface area contributed by atoms with Crippen LogP contribution in [-0.2, 0) is 0 Å². The summed E-state index contributed by atoms with van der Waals surface area (Å²) in [5.74, 6) is -1.97. The molecule has 7 nitrogen and oxygen atoms in total. The fourth-order valence-corrected chi connectivity index (χ4v) is 2.49. The first-order valence-electron chi connectivity index (χ1n) is 7.15. The molecule has 2 aromatic rings. The minimum absolute atomic E-state index is 0.137. The lowest BCUT2D eigenvalue weighted by molar-refractivity contribution is -0.386. The summed E-state index contributed by atoms with van der Waals surface area (Å²) >= 11 is 0. The second-order valence-electron chi connectivity index (χ2n) is 5.30. The lowest BCUT2D eigenvalue weighted by Gasteiger charge is -2.15. The third-order valence-electron chi connectivity index (χ3n) is 3.58. The van der Waals surface area contributed by atoms with Crippen molar-refractivity contribution >= 4 is 23.2 Å². The van der Waals surface area contributed by atoms with E-state index in [1.807, 2.05) is 0 Å². The van der Waals surface area contributed by atoms with Gasteiger partial charge >= 0.3 is 11.9 Å². The van der Waals surface area contributed by atoms with Gasteiger partial charge in [-0.15, -0.1) is 0 Å². The summed E-state index contributed by atoms with van der Waals surface area (Å²) in [6.07, 6.45) is -4.67. The van der Waals surface area contributed by atoms with Gasteiger partial charge in [0, 0.05) is 6.07 Å². The van der Waals surface area contributed by atoms with Crippen molar-refractivity contribution in [2.75, 3.05) is 11.5 Å². The van der Waals surface area contributed by atoms with E-state index in [0.717, 1.165) is 23.1 Å². The predicted octanol–water partition coefficient (Wildman–Crippen LogP) is 3.34. The van der Waals surface area contributed by atoms with Crippen LogP contribution >= 0.6 is 0 Å². The number of carbonyl (C=O) groups is 2. The maximum absolute atomic E-state index is 12.4. The molecule has 0 atom stereocenters. The molecular formula is C16H9F3N2O5. The van der Waals surface area contributed by atoms with Crippen molar-refractivity contribution in [1.82, 2.24) is 0 Å². The Morgan fingerprint density at radius 2 is 1.62 bits per heavy atom. The first kappa shape index (κ1) is 17.4. The van der Waals surface area contributed by atoms with Crippen LogP contribution in [0.25, 0.3) is 0 Å². The number of amides is 2. The van der Waals surface area contributed by atoms with Gasteiger partial charge in [-0.05, 0) is 24.3 Å². The normalized spacial score (nSPS) is 13.7. The summed E-state index contributed by atoms with van der Waals surface area (Å²) in [5, 5.41) is 11.2. The van der Waals surface area contributed by atoms with Crippen molar-refractivity contribution in [3.05, 3.63) is 63.7 Å². The maximum Gasteiger partial charge on any atom is 0.422 e. The zero-order valence-corrected chi connectivity index (χ0v) is 12.8. The summed E-state index contributed by atoms with van der Waals surface area (Å²) in [5.41, 5.74) is -0.652. The second-order valence-corrected chi connectivity index (χ2v) is 5.30. The zero-order valence-electron chi connectivity index (χ0n) is 12.8. The van der Waals surface area contributed by atoms with E-state index in [4.69, 9.17) is 0 Å². The van der Waals surface area contributed by atoms with E-state index in [1.54, 1.807) is 12.1 Å². The van der Waals surface area contributed by atoms with Crippen molar-refractivity contribution in [1.29, 1.82) is 0 Å². The van der Waals surface area contributed by atoms with Crippen LogP contribution in [0.2, 0.25) is 0 Å². The van der Waals surface area contributed by atoms with E-state index in [-0.39, 0.29) is 16.8 Å². The number of anilines is 1. The molecule has 0 radical (unpaired) electrons. The number of fused-ring (bicyclic) bond motifs is 1. The fourth-order valence-electron chi connectivity index (χ4n) is 2.49. The number of rotatable bonds is 4. The first-order valence-corrected chi connectivity index (χ1v) is 7.15. The number of benzene rings is 2. The van der Waals surface area contributed by atoms with E-state index in [1.165, 1.54) is 12.1 Å². The van der Waals surface area contributed by atoms with Gasteiger partial charge in [0.05, 0.1) is 21.7 Å². The summed E-state index contributed by atoms with van der Waals surface area (Å²) in [7, 11) is 0. The molecule has 0 unspecified atom stereocenters. The Labute approximate surface area is 143 Å². The number of halogens is 3. The van der Waals surface area contributed by atoms with Gasteiger partial charge in [0.1, 0.15) is 0 Å². The summed E-state index contributed by atoms with van der Waals surface area (Å²) < 4.78 is 41.2. The molecular weight excluding hydrogens is 357 g/mol. The molecule has 0 saturated carbocycles. The number of hydrogen-bond acceptors (Lipinski definition) is 5. The van der Waals surface area contributed by atoms with E-state index in [2.05, 4.69) is 4.74 Å². The van der Waals surface area contributed by atoms with Gasteiger partial charge in [-0.2, -0.15) is 13.2 Å². The monoisotopic (exact) mass is 366 g/mol. The smallest absolute Gasteiger partial charge is 0.422 e. The number of imide groups is 1. The molecule has 0 bridgehead atoms. The van der Waals surface area contributed by atoms with Crippen molar-refractivity contribution in [3.63, 3.8) is 0 Å². The molecule has 26 heavy (non-hydrogen) atoms. The Morgan fingerprint density at radius 3 is 2.12 bits per heavy atom. The average molecular weight is 366 g/mol. The minimum Gasteiger partial charge on any atom is -0.477 e. The van der Waals surface area contributed by atoms with Crippen molar-refractivity contribution < 1.29 is 32.4 Å².